The lowest BCUT2D eigenvalue weighted by Crippen LogP contribution is -2.03. The molecule has 8 nitrogen and oxygen atoms in total. The van der Waals surface area contributed by atoms with Gasteiger partial charge >= 0.3 is 0 Å². The van der Waals surface area contributed by atoms with Gasteiger partial charge in [-0.25, -0.2) is 9.97 Å². The second-order valence-corrected chi connectivity index (χ2v) is 6.94. The van der Waals surface area contributed by atoms with Gasteiger partial charge < -0.3 is 25.3 Å². The second kappa shape index (κ2) is 8.53. The van der Waals surface area contributed by atoms with E-state index in [4.69, 9.17) is 36.5 Å². The quantitative estimate of drug-likeness (QED) is 0.447. The van der Waals surface area contributed by atoms with Crippen LogP contribution in [0.1, 0.15) is 0 Å². The Labute approximate surface area is 184 Å². The average Bonchev–Trinajstić information content (AvgIpc) is 2.79. The van der Waals surface area contributed by atoms with Crippen LogP contribution in [0.4, 0.5) is 17.5 Å². The van der Waals surface area contributed by atoms with E-state index in [0.717, 1.165) is 5.56 Å². The van der Waals surface area contributed by atoms with Gasteiger partial charge in [-0.1, -0.05) is 11.6 Å². The third-order valence-corrected chi connectivity index (χ3v) is 5.00. The monoisotopic (exact) mass is 437 g/mol. The first-order chi connectivity index (χ1) is 15.0. The SMILES string of the molecule is COc1ccc(Cl)c(Nc2nc(N)nc3ccc(-c4ccc(OC)c(OC)c4)nc23)c1. The largest absolute Gasteiger partial charge is 0.497 e. The zero-order valence-corrected chi connectivity index (χ0v) is 17.9. The van der Waals surface area contributed by atoms with E-state index in [-0.39, 0.29) is 5.95 Å². The highest BCUT2D eigenvalue weighted by Crippen LogP contribution is 2.34. The molecule has 0 aliphatic rings. The molecule has 0 atom stereocenters. The van der Waals surface area contributed by atoms with Crippen molar-refractivity contribution in [2.75, 3.05) is 32.4 Å². The molecule has 4 rings (SSSR count). The van der Waals surface area contributed by atoms with Crippen molar-refractivity contribution in [1.29, 1.82) is 0 Å². The molecule has 0 saturated heterocycles. The maximum atomic E-state index is 6.34. The molecular formula is C22H20ClN5O3. The summed E-state index contributed by atoms with van der Waals surface area (Å²) in [7, 11) is 4.77. The molecule has 0 radical (unpaired) electrons. The minimum Gasteiger partial charge on any atom is -0.497 e. The predicted octanol–water partition coefficient (Wildman–Crippen LogP) is 4.70. The van der Waals surface area contributed by atoms with Gasteiger partial charge in [-0.05, 0) is 42.5 Å². The molecule has 0 spiro atoms. The number of hydrogen-bond donors (Lipinski definition) is 2. The van der Waals surface area contributed by atoms with Crippen molar-refractivity contribution in [3.63, 3.8) is 0 Å². The van der Waals surface area contributed by atoms with E-state index in [2.05, 4.69) is 15.3 Å². The van der Waals surface area contributed by atoms with Gasteiger partial charge in [0, 0.05) is 11.6 Å². The number of nitrogens with one attached hydrogen (secondary N) is 1. The lowest BCUT2D eigenvalue weighted by atomic mass is 10.1. The number of nitrogen functional groups attached to an aromatic ring is 1. The van der Waals surface area contributed by atoms with Crippen LogP contribution in [-0.2, 0) is 0 Å². The fraction of sp³-hybridized carbons (Fsp3) is 0.136. The maximum absolute atomic E-state index is 6.34. The van der Waals surface area contributed by atoms with Crippen molar-refractivity contribution in [2.24, 2.45) is 0 Å². The van der Waals surface area contributed by atoms with Crippen molar-refractivity contribution >= 4 is 40.1 Å². The Bertz CT molecular complexity index is 1270. The van der Waals surface area contributed by atoms with Crippen molar-refractivity contribution in [3.8, 4) is 28.5 Å². The van der Waals surface area contributed by atoms with Crippen LogP contribution >= 0.6 is 11.6 Å². The van der Waals surface area contributed by atoms with Gasteiger partial charge in [0.25, 0.3) is 0 Å². The van der Waals surface area contributed by atoms with Gasteiger partial charge in [0.15, 0.2) is 17.3 Å². The molecule has 3 N–H and O–H groups in total. The Hall–Kier alpha value is -3.78. The number of methoxy groups -OCH3 is 3. The number of nitrogens with zero attached hydrogens (tertiary/aromatic N) is 3. The zero-order valence-electron chi connectivity index (χ0n) is 17.1. The molecule has 2 aromatic heterocycles. The van der Waals surface area contributed by atoms with Crippen LogP contribution in [0, 0.1) is 0 Å². The topological polar surface area (TPSA) is 104 Å². The molecule has 0 aliphatic carbocycles. The van der Waals surface area contributed by atoms with Crippen LogP contribution in [0.25, 0.3) is 22.3 Å². The molecule has 0 aliphatic heterocycles. The van der Waals surface area contributed by atoms with Gasteiger partial charge in [0.2, 0.25) is 5.95 Å². The first-order valence-corrected chi connectivity index (χ1v) is 9.67. The molecular weight excluding hydrogens is 418 g/mol. The number of halogens is 1. The van der Waals surface area contributed by atoms with Gasteiger partial charge in [0.05, 0.1) is 43.3 Å². The first-order valence-electron chi connectivity index (χ1n) is 9.29. The normalized spacial score (nSPS) is 10.7. The van der Waals surface area contributed by atoms with E-state index in [1.54, 1.807) is 39.5 Å². The Morgan fingerprint density at radius 1 is 0.839 bits per heavy atom. The van der Waals surface area contributed by atoms with Crippen molar-refractivity contribution < 1.29 is 14.2 Å². The summed E-state index contributed by atoms with van der Waals surface area (Å²) in [5, 5.41) is 3.70. The number of ether oxygens (including phenoxy) is 3. The summed E-state index contributed by atoms with van der Waals surface area (Å²) in [5.41, 5.74) is 9.22. The summed E-state index contributed by atoms with van der Waals surface area (Å²) in [6.07, 6.45) is 0. The fourth-order valence-electron chi connectivity index (χ4n) is 3.13. The zero-order chi connectivity index (χ0) is 22.0. The number of nitrogens with two attached hydrogens (primary N) is 1. The van der Waals surface area contributed by atoms with Crippen LogP contribution in [0.15, 0.2) is 48.5 Å². The van der Waals surface area contributed by atoms with Gasteiger partial charge in [-0.2, -0.15) is 4.98 Å². The summed E-state index contributed by atoms with van der Waals surface area (Å²) >= 11 is 6.34. The molecule has 0 amide bonds. The number of fused-ring (bicyclic) bond motifs is 1. The standard InChI is InChI=1S/C22H20ClN5O3/c1-29-13-5-6-14(23)17(11-13)26-21-20-16(27-22(24)28-21)8-7-15(25-20)12-4-9-18(30-2)19(10-12)31-3/h4-11H,1-3H3,(H3,24,26,27,28). The summed E-state index contributed by atoms with van der Waals surface area (Å²) in [6, 6.07) is 14.6. The summed E-state index contributed by atoms with van der Waals surface area (Å²) in [6.45, 7) is 0. The van der Waals surface area contributed by atoms with Crippen molar-refractivity contribution in [1.82, 2.24) is 15.0 Å². The molecule has 0 bridgehead atoms. The highest BCUT2D eigenvalue weighted by atomic mass is 35.5. The summed E-state index contributed by atoms with van der Waals surface area (Å²) in [4.78, 5) is 13.4. The molecule has 4 aromatic rings. The first kappa shape index (κ1) is 20.5. The molecule has 2 heterocycles. The number of pyridine rings is 1. The third-order valence-electron chi connectivity index (χ3n) is 4.67. The molecule has 31 heavy (non-hydrogen) atoms. The Morgan fingerprint density at radius 3 is 2.39 bits per heavy atom. The molecule has 9 heteroatoms. The van der Waals surface area contributed by atoms with Gasteiger partial charge in [-0.3, -0.25) is 0 Å². The Balaban J connectivity index is 1.82. The number of aromatic nitrogens is 3. The van der Waals surface area contributed by atoms with Crippen molar-refractivity contribution in [2.45, 2.75) is 0 Å². The number of anilines is 3. The van der Waals surface area contributed by atoms with Crippen LogP contribution in [0.2, 0.25) is 5.02 Å². The second-order valence-electron chi connectivity index (χ2n) is 6.54. The van der Waals surface area contributed by atoms with Crippen LogP contribution < -0.4 is 25.3 Å². The van der Waals surface area contributed by atoms with Crippen LogP contribution in [0.5, 0.6) is 17.2 Å². The lowest BCUT2D eigenvalue weighted by Gasteiger charge is -2.13. The van der Waals surface area contributed by atoms with E-state index in [1.807, 2.05) is 30.3 Å². The smallest absolute Gasteiger partial charge is 0.222 e. The highest BCUT2D eigenvalue weighted by Gasteiger charge is 2.14. The van der Waals surface area contributed by atoms with E-state index >= 15 is 0 Å². The Kier molecular flexibility index (Phi) is 5.64. The number of rotatable bonds is 6. The molecule has 0 saturated carbocycles. The lowest BCUT2D eigenvalue weighted by molar-refractivity contribution is 0.355. The Morgan fingerprint density at radius 2 is 1.65 bits per heavy atom. The minimum atomic E-state index is 0.120. The predicted molar refractivity (Wildman–Crippen MR) is 122 cm³/mol. The van der Waals surface area contributed by atoms with E-state index in [1.165, 1.54) is 0 Å². The highest BCUT2D eigenvalue weighted by molar-refractivity contribution is 6.33. The maximum Gasteiger partial charge on any atom is 0.222 e. The van der Waals surface area contributed by atoms with E-state index in [0.29, 0.717) is 50.5 Å². The average molecular weight is 438 g/mol. The molecule has 0 fully saturated rings. The number of hydrogen-bond acceptors (Lipinski definition) is 8. The third kappa shape index (κ3) is 4.10. The van der Waals surface area contributed by atoms with Crippen molar-refractivity contribution in [3.05, 3.63) is 53.6 Å². The van der Waals surface area contributed by atoms with Gasteiger partial charge in [-0.15, -0.1) is 0 Å². The van der Waals surface area contributed by atoms with E-state index < -0.39 is 0 Å². The molecule has 0 unspecified atom stereocenters. The molecule has 2 aromatic carbocycles. The minimum absolute atomic E-state index is 0.120. The van der Waals surface area contributed by atoms with E-state index in [9.17, 15) is 0 Å². The summed E-state index contributed by atoms with van der Waals surface area (Å²) < 4.78 is 16.0. The van der Waals surface area contributed by atoms with Gasteiger partial charge in [0.1, 0.15) is 11.3 Å². The molecule has 158 valence electrons. The fourth-order valence-corrected chi connectivity index (χ4v) is 3.30. The van der Waals surface area contributed by atoms with Crippen LogP contribution in [0.3, 0.4) is 0 Å². The number of benzene rings is 2. The summed E-state index contributed by atoms with van der Waals surface area (Å²) in [5.74, 6) is 2.45. The van der Waals surface area contributed by atoms with Crippen LogP contribution in [-0.4, -0.2) is 36.3 Å².